The fourth-order valence-electron chi connectivity index (χ4n) is 1.46. The molecule has 2 N–H and O–H groups in total. The monoisotopic (exact) mass is 205 g/mol. The van der Waals surface area contributed by atoms with Gasteiger partial charge in [0.2, 0.25) is 0 Å². The maximum absolute atomic E-state index is 11.8. The standard InChI is InChI=1S/C13H19NO/c1-3-10(2)9-12(15)13(14)11-7-5-4-6-8-11/h4-8,10,13H,3,9,14H2,1-2H3/t10?,13-/m1/s1. The molecule has 0 saturated carbocycles. The van der Waals surface area contributed by atoms with Crippen molar-refractivity contribution >= 4 is 5.78 Å². The van der Waals surface area contributed by atoms with E-state index in [4.69, 9.17) is 5.73 Å². The van der Waals surface area contributed by atoms with E-state index in [0.717, 1.165) is 12.0 Å². The van der Waals surface area contributed by atoms with Crippen molar-refractivity contribution in [3.63, 3.8) is 0 Å². The molecule has 1 aromatic carbocycles. The molecule has 1 unspecified atom stereocenters. The minimum Gasteiger partial charge on any atom is -0.318 e. The highest BCUT2D eigenvalue weighted by molar-refractivity contribution is 5.85. The summed E-state index contributed by atoms with van der Waals surface area (Å²) in [5.74, 6) is 0.558. The maximum atomic E-state index is 11.8. The summed E-state index contributed by atoms with van der Waals surface area (Å²) in [4.78, 5) is 11.8. The number of nitrogens with two attached hydrogens (primary N) is 1. The van der Waals surface area contributed by atoms with Crippen LogP contribution in [-0.2, 0) is 4.79 Å². The molecule has 0 aliphatic rings. The van der Waals surface area contributed by atoms with Crippen molar-refractivity contribution in [1.82, 2.24) is 0 Å². The van der Waals surface area contributed by atoms with Crippen LogP contribution in [0.15, 0.2) is 30.3 Å². The number of carbonyl (C=O) groups is 1. The molecule has 0 radical (unpaired) electrons. The van der Waals surface area contributed by atoms with Crippen LogP contribution in [0.4, 0.5) is 0 Å². The summed E-state index contributed by atoms with van der Waals surface area (Å²) in [6.45, 7) is 4.17. The lowest BCUT2D eigenvalue weighted by Gasteiger charge is -2.13. The van der Waals surface area contributed by atoms with Crippen LogP contribution in [0.3, 0.4) is 0 Å². The highest BCUT2D eigenvalue weighted by atomic mass is 16.1. The molecule has 0 saturated heterocycles. The first kappa shape index (κ1) is 11.9. The van der Waals surface area contributed by atoms with Gasteiger partial charge in [0.05, 0.1) is 6.04 Å². The molecule has 0 aromatic heterocycles. The summed E-state index contributed by atoms with van der Waals surface area (Å²) in [5.41, 5.74) is 6.80. The second-order valence-corrected chi connectivity index (χ2v) is 4.07. The lowest BCUT2D eigenvalue weighted by Crippen LogP contribution is -2.22. The molecular formula is C13H19NO. The topological polar surface area (TPSA) is 43.1 Å². The van der Waals surface area contributed by atoms with Gasteiger partial charge in [-0.2, -0.15) is 0 Å². The lowest BCUT2D eigenvalue weighted by atomic mass is 9.95. The molecular weight excluding hydrogens is 186 g/mol. The van der Waals surface area contributed by atoms with E-state index in [9.17, 15) is 4.79 Å². The van der Waals surface area contributed by atoms with Gasteiger partial charge in [-0.1, -0.05) is 50.6 Å². The minimum atomic E-state index is -0.458. The molecule has 0 aliphatic carbocycles. The van der Waals surface area contributed by atoms with Crippen molar-refractivity contribution in [2.75, 3.05) is 0 Å². The Hall–Kier alpha value is -1.15. The molecule has 0 aliphatic heterocycles. The van der Waals surface area contributed by atoms with Gasteiger partial charge >= 0.3 is 0 Å². The minimum absolute atomic E-state index is 0.135. The van der Waals surface area contributed by atoms with Crippen molar-refractivity contribution in [1.29, 1.82) is 0 Å². The zero-order valence-corrected chi connectivity index (χ0v) is 9.44. The Morgan fingerprint density at radius 3 is 2.47 bits per heavy atom. The van der Waals surface area contributed by atoms with Gasteiger partial charge in [0.15, 0.2) is 5.78 Å². The van der Waals surface area contributed by atoms with E-state index in [2.05, 4.69) is 13.8 Å². The number of carbonyl (C=O) groups excluding carboxylic acids is 1. The summed E-state index contributed by atoms with van der Waals surface area (Å²) in [7, 11) is 0. The molecule has 0 amide bonds. The quantitative estimate of drug-likeness (QED) is 0.803. The van der Waals surface area contributed by atoms with Crippen molar-refractivity contribution in [2.45, 2.75) is 32.7 Å². The van der Waals surface area contributed by atoms with Crippen LogP contribution in [0.1, 0.15) is 38.3 Å². The second kappa shape index (κ2) is 5.66. The van der Waals surface area contributed by atoms with E-state index >= 15 is 0 Å². The zero-order chi connectivity index (χ0) is 11.3. The van der Waals surface area contributed by atoms with Gasteiger partial charge < -0.3 is 5.73 Å². The van der Waals surface area contributed by atoms with E-state index in [-0.39, 0.29) is 5.78 Å². The Labute approximate surface area is 91.5 Å². The van der Waals surface area contributed by atoms with Crippen LogP contribution in [-0.4, -0.2) is 5.78 Å². The first-order valence-corrected chi connectivity index (χ1v) is 5.48. The van der Waals surface area contributed by atoms with E-state index in [0.29, 0.717) is 12.3 Å². The SMILES string of the molecule is CCC(C)CC(=O)[C@H](N)c1ccccc1. The predicted octanol–water partition coefficient (Wildman–Crippen LogP) is 2.69. The van der Waals surface area contributed by atoms with E-state index in [1.54, 1.807) is 0 Å². The predicted molar refractivity (Wildman–Crippen MR) is 62.4 cm³/mol. The molecule has 0 fully saturated rings. The highest BCUT2D eigenvalue weighted by Crippen LogP contribution is 2.16. The number of ketones is 1. The Bertz CT molecular complexity index is 308. The van der Waals surface area contributed by atoms with E-state index < -0.39 is 6.04 Å². The van der Waals surface area contributed by atoms with Crippen molar-refractivity contribution in [2.24, 2.45) is 11.7 Å². The molecule has 0 bridgehead atoms. The molecule has 0 heterocycles. The summed E-state index contributed by atoms with van der Waals surface area (Å²) in [6.07, 6.45) is 1.60. The van der Waals surface area contributed by atoms with E-state index in [1.165, 1.54) is 0 Å². The maximum Gasteiger partial charge on any atom is 0.154 e. The van der Waals surface area contributed by atoms with Crippen molar-refractivity contribution < 1.29 is 4.79 Å². The fraction of sp³-hybridized carbons (Fsp3) is 0.462. The average Bonchev–Trinajstić information content (AvgIpc) is 2.29. The van der Waals surface area contributed by atoms with Gasteiger partial charge in [0.1, 0.15) is 0 Å². The summed E-state index contributed by atoms with van der Waals surface area (Å²) < 4.78 is 0. The van der Waals surface area contributed by atoms with Crippen LogP contribution in [0, 0.1) is 5.92 Å². The molecule has 2 heteroatoms. The van der Waals surface area contributed by atoms with Gasteiger partial charge in [-0.25, -0.2) is 0 Å². The summed E-state index contributed by atoms with van der Waals surface area (Å²) in [5, 5.41) is 0. The Morgan fingerprint density at radius 1 is 1.33 bits per heavy atom. The molecule has 15 heavy (non-hydrogen) atoms. The first-order chi connectivity index (χ1) is 7.15. The van der Waals surface area contributed by atoms with E-state index in [1.807, 2.05) is 30.3 Å². The Kier molecular flexibility index (Phi) is 4.50. The largest absolute Gasteiger partial charge is 0.318 e. The van der Waals surface area contributed by atoms with Crippen molar-refractivity contribution in [3.8, 4) is 0 Å². The molecule has 2 nitrogen and oxygen atoms in total. The first-order valence-electron chi connectivity index (χ1n) is 5.48. The number of rotatable bonds is 5. The third-order valence-corrected chi connectivity index (χ3v) is 2.75. The molecule has 82 valence electrons. The average molecular weight is 205 g/mol. The van der Waals surface area contributed by atoms with Gasteiger partial charge in [-0.05, 0) is 11.5 Å². The van der Waals surface area contributed by atoms with Gasteiger partial charge in [0.25, 0.3) is 0 Å². The van der Waals surface area contributed by atoms with Gasteiger partial charge in [0, 0.05) is 6.42 Å². The molecule has 2 atom stereocenters. The summed E-state index contributed by atoms with van der Waals surface area (Å²) >= 11 is 0. The van der Waals surface area contributed by atoms with Crippen molar-refractivity contribution in [3.05, 3.63) is 35.9 Å². The van der Waals surface area contributed by atoms with Crippen LogP contribution in [0.2, 0.25) is 0 Å². The normalized spacial score (nSPS) is 14.6. The Balaban J connectivity index is 2.61. The third kappa shape index (κ3) is 3.48. The fourth-order valence-corrected chi connectivity index (χ4v) is 1.46. The molecule has 0 spiro atoms. The molecule has 1 rings (SSSR count). The lowest BCUT2D eigenvalue weighted by molar-refractivity contribution is -0.121. The Morgan fingerprint density at radius 2 is 1.93 bits per heavy atom. The number of Topliss-reactive ketones (excluding diaryl/α,β-unsaturated/α-hetero) is 1. The number of hydrogen-bond acceptors (Lipinski definition) is 2. The number of benzene rings is 1. The third-order valence-electron chi connectivity index (χ3n) is 2.75. The second-order valence-electron chi connectivity index (χ2n) is 4.07. The van der Waals surface area contributed by atoms with Crippen LogP contribution in [0.25, 0.3) is 0 Å². The summed E-state index contributed by atoms with van der Waals surface area (Å²) in [6, 6.07) is 9.09. The van der Waals surface area contributed by atoms with Gasteiger partial charge in [-0.3, -0.25) is 4.79 Å². The van der Waals surface area contributed by atoms with Crippen LogP contribution < -0.4 is 5.73 Å². The van der Waals surface area contributed by atoms with Crippen LogP contribution in [0.5, 0.6) is 0 Å². The zero-order valence-electron chi connectivity index (χ0n) is 9.44. The highest BCUT2D eigenvalue weighted by Gasteiger charge is 2.17. The van der Waals surface area contributed by atoms with Gasteiger partial charge in [-0.15, -0.1) is 0 Å². The number of hydrogen-bond donors (Lipinski definition) is 1. The smallest absolute Gasteiger partial charge is 0.154 e. The van der Waals surface area contributed by atoms with Crippen LogP contribution >= 0.6 is 0 Å². The molecule has 1 aromatic rings.